The Morgan fingerprint density at radius 1 is 1.12 bits per heavy atom. The molecule has 1 N–H and O–H groups in total. The fourth-order valence-corrected chi connectivity index (χ4v) is 3.90. The number of nitrogens with zero attached hydrogens (tertiary/aromatic N) is 3. The Morgan fingerprint density at radius 2 is 1.88 bits per heavy atom. The van der Waals surface area contributed by atoms with Crippen LogP contribution in [-0.4, -0.2) is 52.6 Å². The van der Waals surface area contributed by atoms with Crippen LogP contribution in [0.5, 0.6) is 0 Å². The van der Waals surface area contributed by atoms with Crippen LogP contribution < -0.4 is 5.32 Å². The number of amides is 1. The Hall–Kier alpha value is -3.60. The fraction of sp³-hybridized carbons (Fsp3) is 0.318. The van der Waals surface area contributed by atoms with E-state index in [1.807, 2.05) is 24.5 Å². The highest BCUT2D eigenvalue weighted by molar-refractivity contribution is 7.99. The maximum Gasteiger partial charge on any atom is 0.339 e. The number of ether oxygens (including phenoxy) is 2. The van der Waals surface area contributed by atoms with E-state index in [9.17, 15) is 14.4 Å². The quantitative estimate of drug-likeness (QED) is 0.367. The van der Waals surface area contributed by atoms with Crippen LogP contribution in [-0.2, 0) is 20.8 Å². The molecule has 174 valence electrons. The summed E-state index contributed by atoms with van der Waals surface area (Å²) in [6.45, 7) is 4.56. The minimum Gasteiger partial charge on any atom is -0.469 e. The Morgan fingerprint density at radius 3 is 2.52 bits per heavy atom. The van der Waals surface area contributed by atoms with Crippen molar-refractivity contribution in [3.8, 4) is 11.4 Å². The summed E-state index contributed by atoms with van der Waals surface area (Å²) in [5.74, 6) is -0.211. The van der Waals surface area contributed by atoms with Gasteiger partial charge in [0.2, 0.25) is 5.91 Å². The highest BCUT2D eigenvalue weighted by Gasteiger charge is 2.20. The number of hydrogen-bond donors (Lipinski definition) is 1. The molecule has 1 amide bonds. The molecule has 0 fully saturated rings. The second kappa shape index (κ2) is 10.8. The number of esters is 2. The predicted molar refractivity (Wildman–Crippen MR) is 121 cm³/mol. The number of benzene rings is 1. The summed E-state index contributed by atoms with van der Waals surface area (Å²) in [5.41, 5.74) is 1.31. The molecule has 1 aromatic carbocycles. The number of furan rings is 1. The van der Waals surface area contributed by atoms with Gasteiger partial charge in [-0.3, -0.25) is 4.79 Å². The highest BCUT2D eigenvalue weighted by atomic mass is 32.2. The topological polar surface area (TPSA) is 126 Å². The number of methoxy groups -OCH3 is 2. The molecule has 2 heterocycles. The van der Waals surface area contributed by atoms with Crippen LogP contribution in [0.25, 0.3) is 11.4 Å². The molecule has 0 unspecified atom stereocenters. The first-order valence-electron chi connectivity index (χ1n) is 10.1. The summed E-state index contributed by atoms with van der Waals surface area (Å²) in [7, 11) is 2.48. The van der Waals surface area contributed by atoms with Crippen LogP contribution in [0, 0.1) is 6.92 Å². The Kier molecular flexibility index (Phi) is 7.88. The van der Waals surface area contributed by atoms with E-state index in [-0.39, 0.29) is 28.5 Å². The van der Waals surface area contributed by atoms with E-state index < -0.39 is 11.9 Å². The first kappa shape index (κ1) is 24.1. The summed E-state index contributed by atoms with van der Waals surface area (Å²) >= 11 is 1.21. The number of nitrogens with one attached hydrogen (secondary N) is 1. The lowest BCUT2D eigenvalue weighted by atomic mass is 10.1. The number of hydrogen-bond acceptors (Lipinski definition) is 9. The van der Waals surface area contributed by atoms with E-state index >= 15 is 0 Å². The van der Waals surface area contributed by atoms with Gasteiger partial charge >= 0.3 is 11.9 Å². The first-order chi connectivity index (χ1) is 15.9. The van der Waals surface area contributed by atoms with Crippen molar-refractivity contribution in [2.45, 2.75) is 32.0 Å². The minimum atomic E-state index is -0.641. The van der Waals surface area contributed by atoms with Crippen molar-refractivity contribution < 1.29 is 28.3 Å². The maximum absolute atomic E-state index is 12.7. The summed E-state index contributed by atoms with van der Waals surface area (Å²) in [4.78, 5) is 36.6. The van der Waals surface area contributed by atoms with Crippen LogP contribution >= 0.6 is 11.8 Å². The van der Waals surface area contributed by atoms with E-state index in [2.05, 4.69) is 15.5 Å². The monoisotopic (exact) mass is 472 g/mol. The summed E-state index contributed by atoms with van der Waals surface area (Å²) < 4.78 is 16.8. The lowest BCUT2D eigenvalue weighted by Gasteiger charge is -2.12. The van der Waals surface area contributed by atoms with E-state index in [1.165, 1.54) is 44.2 Å². The summed E-state index contributed by atoms with van der Waals surface area (Å²) in [5, 5.41) is 11.8. The number of carbonyl (C=O) groups is 3. The molecular formula is C22H24N4O6S. The molecule has 0 aliphatic carbocycles. The third-order valence-corrected chi connectivity index (χ3v) is 5.68. The largest absolute Gasteiger partial charge is 0.469 e. The first-order valence-corrected chi connectivity index (χ1v) is 11.1. The number of anilines is 1. The van der Waals surface area contributed by atoms with Gasteiger partial charge in [0.15, 0.2) is 11.0 Å². The number of carbonyl (C=O) groups excluding carboxylic acids is 3. The van der Waals surface area contributed by atoms with Crippen LogP contribution in [0.15, 0.2) is 40.1 Å². The standard InChI is InChI=1S/C22H24N4O6S/c1-5-9-26-19(15-8-10-32-13(15)2)24-25-22(26)33-12-18(27)23-17-11-14(20(28)30-3)6-7-16(17)21(29)31-4/h6-8,10-11H,5,9,12H2,1-4H3,(H,23,27). The van der Waals surface area contributed by atoms with E-state index in [0.717, 1.165) is 17.7 Å². The maximum atomic E-state index is 12.7. The molecule has 0 radical (unpaired) electrons. The molecule has 0 saturated heterocycles. The van der Waals surface area contributed by atoms with Crippen molar-refractivity contribution in [1.82, 2.24) is 14.8 Å². The molecule has 0 bridgehead atoms. The molecule has 11 heteroatoms. The van der Waals surface area contributed by atoms with Crippen molar-refractivity contribution >= 4 is 35.3 Å². The highest BCUT2D eigenvalue weighted by Crippen LogP contribution is 2.28. The zero-order valence-electron chi connectivity index (χ0n) is 18.7. The molecule has 0 aliphatic heterocycles. The van der Waals surface area contributed by atoms with Gasteiger partial charge in [-0.1, -0.05) is 18.7 Å². The molecule has 33 heavy (non-hydrogen) atoms. The zero-order valence-corrected chi connectivity index (χ0v) is 19.5. The van der Waals surface area contributed by atoms with Gasteiger partial charge in [0, 0.05) is 6.54 Å². The van der Waals surface area contributed by atoms with Crippen molar-refractivity contribution in [1.29, 1.82) is 0 Å². The molecule has 0 atom stereocenters. The second-order valence-electron chi connectivity index (χ2n) is 6.93. The third kappa shape index (κ3) is 5.43. The summed E-state index contributed by atoms with van der Waals surface area (Å²) in [6, 6.07) is 6.03. The van der Waals surface area contributed by atoms with Gasteiger partial charge in [0.25, 0.3) is 0 Å². The average Bonchev–Trinajstić information content (AvgIpc) is 3.42. The minimum absolute atomic E-state index is 0.00921. The summed E-state index contributed by atoms with van der Waals surface area (Å²) in [6.07, 6.45) is 2.45. The van der Waals surface area contributed by atoms with E-state index in [4.69, 9.17) is 13.9 Å². The lowest BCUT2D eigenvalue weighted by molar-refractivity contribution is -0.113. The van der Waals surface area contributed by atoms with Gasteiger partial charge in [0.05, 0.1) is 48.6 Å². The molecule has 0 saturated carbocycles. The van der Waals surface area contributed by atoms with Gasteiger partial charge in [-0.25, -0.2) is 9.59 Å². The van der Waals surface area contributed by atoms with Gasteiger partial charge in [-0.2, -0.15) is 0 Å². The normalized spacial score (nSPS) is 10.7. The van der Waals surface area contributed by atoms with Crippen molar-refractivity contribution in [2.75, 3.05) is 25.3 Å². The van der Waals surface area contributed by atoms with Crippen molar-refractivity contribution in [2.24, 2.45) is 0 Å². The Labute approximate surface area is 194 Å². The van der Waals surface area contributed by atoms with Crippen LogP contribution in [0.1, 0.15) is 39.8 Å². The number of aryl methyl sites for hydroxylation is 1. The molecule has 10 nitrogen and oxygen atoms in total. The molecule has 0 aliphatic rings. The van der Waals surface area contributed by atoms with Crippen LogP contribution in [0.2, 0.25) is 0 Å². The number of thioether (sulfide) groups is 1. The van der Waals surface area contributed by atoms with Crippen LogP contribution in [0.3, 0.4) is 0 Å². The molecular weight excluding hydrogens is 448 g/mol. The SMILES string of the molecule is CCCn1c(SCC(=O)Nc2cc(C(=O)OC)ccc2C(=O)OC)nnc1-c1ccoc1C. The van der Waals surface area contributed by atoms with Gasteiger partial charge < -0.3 is 23.8 Å². The van der Waals surface area contributed by atoms with E-state index in [1.54, 1.807) is 6.26 Å². The zero-order chi connectivity index (χ0) is 24.0. The van der Waals surface area contributed by atoms with Gasteiger partial charge in [-0.15, -0.1) is 10.2 Å². The average molecular weight is 473 g/mol. The molecule has 3 rings (SSSR count). The van der Waals surface area contributed by atoms with Crippen molar-refractivity contribution in [3.63, 3.8) is 0 Å². The smallest absolute Gasteiger partial charge is 0.339 e. The molecule has 0 spiro atoms. The third-order valence-electron chi connectivity index (χ3n) is 4.72. The Balaban J connectivity index is 1.78. The molecule has 3 aromatic rings. The lowest BCUT2D eigenvalue weighted by Crippen LogP contribution is -2.18. The van der Waals surface area contributed by atoms with Gasteiger partial charge in [-0.05, 0) is 37.6 Å². The fourth-order valence-electron chi connectivity index (χ4n) is 3.13. The predicted octanol–water partition coefficient (Wildman–Crippen LogP) is 3.56. The number of rotatable bonds is 9. The number of aromatic nitrogens is 3. The van der Waals surface area contributed by atoms with Gasteiger partial charge in [0.1, 0.15) is 5.76 Å². The van der Waals surface area contributed by atoms with Crippen molar-refractivity contribution in [3.05, 3.63) is 47.4 Å². The second-order valence-corrected chi connectivity index (χ2v) is 7.87. The van der Waals surface area contributed by atoms with E-state index in [0.29, 0.717) is 17.5 Å². The van der Waals surface area contributed by atoms with Crippen LogP contribution in [0.4, 0.5) is 5.69 Å². The molecule has 2 aromatic heterocycles. The Bertz CT molecular complexity index is 1170.